The van der Waals surface area contributed by atoms with Gasteiger partial charge >= 0.3 is 0 Å². The lowest BCUT2D eigenvalue weighted by molar-refractivity contribution is -0.121. The van der Waals surface area contributed by atoms with Gasteiger partial charge < -0.3 is 14.5 Å². The number of aromatic nitrogens is 1. The van der Waals surface area contributed by atoms with Crippen LogP contribution in [0.15, 0.2) is 53.1 Å². The predicted molar refractivity (Wildman–Crippen MR) is 95.0 cm³/mol. The van der Waals surface area contributed by atoms with Crippen LogP contribution in [0.5, 0.6) is 5.75 Å². The zero-order valence-corrected chi connectivity index (χ0v) is 14.7. The molecule has 1 amide bonds. The number of methoxy groups -OCH3 is 1. The number of benzene rings is 2. The predicted octanol–water partition coefficient (Wildman–Crippen LogP) is 3.88. The van der Waals surface area contributed by atoms with Gasteiger partial charge in [0, 0.05) is 31.0 Å². The summed E-state index contributed by atoms with van der Waals surface area (Å²) in [5, 5.41) is 2.62. The van der Waals surface area contributed by atoms with Crippen LogP contribution in [-0.2, 0) is 17.8 Å². The van der Waals surface area contributed by atoms with Gasteiger partial charge in [0.15, 0.2) is 11.7 Å². The van der Waals surface area contributed by atoms with Crippen LogP contribution in [0, 0.1) is 11.6 Å². The van der Waals surface area contributed by atoms with E-state index in [0.29, 0.717) is 23.6 Å². The standard InChI is InChI=1S/C20H18F2N2O3/c1-26-17-4-2-14(3-5-17)18-12-24-20(27-18)7-6-19(25)23-11-13-8-15(21)10-16(22)9-13/h2-5,8-10,12H,6-7,11H2,1H3,(H,23,25). The molecule has 0 aliphatic rings. The number of oxazole rings is 1. The summed E-state index contributed by atoms with van der Waals surface area (Å²) in [5.74, 6) is 0.170. The molecular weight excluding hydrogens is 354 g/mol. The van der Waals surface area contributed by atoms with Crippen molar-refractivity contribution in [3.8, 4) is 17.1 Å². The maximum absolute atomic E-state index is 13.1. The molecule has 0 saturated carbocycles. The monoisotopic (exact) mass is 372 g/mol. The highest BCUT2D eigenvalue weighted by Crippen LogP contribution is 2.23. The molecule has 3 rings (SSSR count). The number of hydrogen-bond donors (Lipinski definition) is 1. The van der Waals surface area contributed by atoms with Crippen LogP contribution < -0.4 is 10.1 Å². The molecule has 2 aromatic carbocycles. The Morgan fingerprint density at radius 1 is 1.15 bits per heavy atom. The van der Waals surface area contributed by atoms with Gasteiger partial charge in [0.2, 0.25) is 5.91 Å². The molecule has 0 spiro atoms. The number of carbonyl (C=O) groups excluding carboxylic acids is 1. The third-order valence-corrected chi connectivity index (χ3v) is 3.91. The van der Waals surface area contributed by atoms with Crippen LogP contribution in [0.25, 0.3) is 11.3 Å². The molecule has 1 aromatic heterocycles. The smallest absolute Gasteiger partial charge is 0.220 e. The van der Waals surface area contributed by atoms with Crippen molar-refractivity contribution in [2.75, 3.05) is 7.11 Å². The topological polar surface area (TPSA) is 64.4 Å². The molecule has 27 heavy (non-hydrogen) atoms. The number of nitrogens with zero attached hydrogens (tertiary/aromatic N) is 1. The first-order chi connectivity index (χ1) is 13.0. The minimum atomic E-state index is -0.676. The minimum Gasteiger partial charge on any atom is -0.497 e. The van der Waals surface area contributed by atoms with E-state index in [1.165, 1.54) is 12.1 Å². The highest BCUT2D eigenvalue weighted by atomic mass is 19.1. The third kappa shape index (κ3) is 5.13. The van der Waals surface area contributed by atoms with Crippen molar-refractivity contribution in [2.24, 2.45) is 0 Å². The quantitative estimate of drug-likeness (QED) is 0.684. The van der Waals surface area contributed by atoms with E-state index in [1.807, 2.05) is 24.3 Å². The van der Waals surface area contributed by atoms with Crippen LogP contribution in [0.4, 0.5) is 8.78 Å². The Hall–Kier alpha value is -3.22. The second-order valence-corrected chi connectivity index (χ2v) is 5.90. The molecule has 3 aromatic rings. The SMILES string of the molecule is COc1ccc(-c2cnc(CCC(=O)NCc3cc(F)cc(F)c3)o2)cc1. The van der Waals surface area contributed by atoms with Gasteiger partial charge in [-0.15, -0.1) is 0 Å². The average Bonchev–Trinajstić information content (AvgIpc) is 3.13. The van der Waals surface area contributed by atoms with Crippen molar-refractivity contribution in [3.05, 3.63) is 71.8 Å². The Kier molecular flexibility index (Phi) is 5.80. The summed E-state index contributed by atoms with van der Waals surface area (Å²) in [6.07, 6.45) is 2.07. The lowest BCUT2D eigenvalue weighted by Gasteiger charge is -2.05. The Morgan fingerprint density at radius 2 is 1.85 bits per heavy atom. The minimum absolute atomic E-state index is 0.0518. The first-order valence-electron chi connectivity index (χ1n) is 8.34. The first-order valence-corrected chi connectivity index (χ1v) is 8.34. The molecule has 0 aliphatic heterocycles. The first kappa shape index (κ1) is 18.6. The van der Waals surface area contributed by atoms with Crippen molar-refractivity contribution in [1.82, 2.24) is 10.3 Å². The zero-order chi connectivity index (χ0) is 19.2. The number of aryl methyl sites for hydroxylation is 1. The van der Waals surface area contributed by atoms with Crippen molar-refractivity contribution < 1.29 is 22.7 Å². The number of ether oxygens (including phenoxy) is 1. The summed E-state index contributed by atoms with van der Waals surface area (Å²) in [6.45, 7) is 0.0518. The molecule has 7 heteroatoms. The van der Waals surface area contributed by atoms with Crippen molar-refractivity contribution in [2.45, 2.75) is 19.4 Å². The van der Waals surface area contributed by atoms with E-state index < -0.39 is 11.6 Å². The fraction of sp³-hybridized carbons (Fsp3) is 0.200. The summed E-state index contributed by atoms with van der Waals surface area (Å²) < 4.78 is 37.0. The molecule has 140 valence electrons. The summed E-state index contributed by atoms with van der Waals surface area (Å²) >= 11 is 0. The van der Waals surface area contributed by atoms with Gasteiger partial charge in [-0.25, -0.2) is 13.8 Å². The highest BCUT2D eigenvalue weighted by Gasteiger charge is 2.10. The molecule has 0 bridgehead atoms. The van der Waals surface area contributed by atoms with Gasteiger partial charge in [0.25, 0.3) is 0 Å². The molecule has 1 heterocycles. The number of carbonyl (C=O) groups is 1. The van der Waals surface area contributed by atoms with Gasteiger partial charge in [0.05, 0.1) is 13.3 Å². The Labute approximate surface area is 155 Å². The summed E-state index contributed by atoms with van der Waals surface area (Å²) in [4.78, 5) is 16.1. The van der Waals surface area contributed by atoms with Crippen molar-refractivity contribution >= 4 is 5.91 Å². The lowest BCUT2D eigenvalue weighted by atomic mass is 10.2. The van der Waals surface area contributed by atoms with Crippen LogP contribution >= 0.6 is 0 Å². The normalized spacial score (nSPS) is 10.6. The largest absolute Gasteiger partial charge is 0.497 e. The van der Waals surface area contributed by atoms with Crippen LogP contribution in [0.3, 0.4) is 0 Å². The van der Waals surface area contributed by atoms with Gasteiger partial charge in [-0.3, -0.25) is 4.79 Å². The van der Waals surface area contributed by atoms with Crippen molar-refractivity contribution in [3.63, 3.8) is 0 Å². The molecule has 0 saturated heterocycles. The van der Waals surface area contributed by atoms with E-state index in [-0.39, 0.29) is 18.9 Å². The van der Waals surface area contributed by atoms with E-state index in [1.54, 1.807) is 13.3 Å². The fourth-order valence-corrected chi connectivity index (χ4v) is 2.54. The van der Waals surface area contributed by atoms with Crippen LogP contribution in [0.2, 0.25) is 0 Å². The number of nitrogens with one attached hydrogen (secondary N) is 1. The number of amides is 1. The number of rotatable bonds is 7. The summed E-state index contributed by atoms with van der Waals surface area (Å²) in [6, 6.07) is 10.5. The Balaban J connectivity index is 1.51. The van der Waals surface area contributed by atoms with E-state index >= 15 is 0 Å². The Morgan fingerprint density at radius 3 is 2.52 bits per heavy atom. The molecular formula is C20H18F2N2O3. The maximum atomic E-state index is 13.1. The van der Waals surface area contributed by atoms with Gasteiger partial charge in [-0.05, 0) is 42.0 Å². The summed E-state index contributed by atoms with van der Waals surface area (Å²) in [7, 11) is 1.59. The zero-order valence-electron chi connectivity index (χ0n) is 14.7. The van der Waals surface area contributed by atoms with E-state index in [9.17, 15) is 13.6 Å². The molecule has 0 unspecified atom stereocenters. The van der Waals surface area contributed by atoms with E-state index in [0.717, 1.165) is 17.4 Å². The van der Waals surface area contributed by atoms with Crippen molar-refractivity contribution in [1.29, 1.82) is 0 Å². The van der Waals surface area contributed by atoms with E-state index in [4.69, 9.17) is 9.15 Å². The average molecular weight is 372 g/mol. The highest BCUT2D eigenvalue weighted by molar-refractivity contribution is 5.76. The number of hydrogen-bond acceptors (Lipinski definition) is 4. The fourth-order valence-electron chi connectivity index (χ4n) is 2.54. The maximum Gasteiger partial charge on any atom is 0.220 e. The Bertz CT molecular complexity index is 903. The number of halogens is 2. The molecule has 0 radical (unpaired) electrons. The van der Waals surface area contributed by atoms with Gasteiger partial charge in [-0.1, -0.05) is 0 Å². The molecule has 0 fully saturated rings. The van der Waals surface area contributed by atoms with Gasteiger partial charge in [0.1, 0.15) is 17.4 Å². The molecule has 1 N–H and O–H groups in total. The second-order valence-electron chi connectivity index (χ2n) is 5.90. The van der Waals surface area contributed by atoms with Crippen LogP contribution in [-0.4, -0.2) is 18.0 Å². The molecule has 5 nitrogen and oxygen atoms in total. The van der Waals surface area contributed by atoms with E-state index in [2.05, 4.69) is 10.3 Å². The molecule has 0 atom stereocenters. The lowest BCUT2D eigenvalue weighted by Crippen LogP contribution is -2.23. The van der Waals surface area contributed by atoms with Crippen LogP contribution in [0.1, 0.15) is 17.9 Å². The second kappa shape index (κ2) is 8.44. The summed E-state index contributed by atoms with van der Waals surface area (Å²) in [5.41, 5.74) is 1.21. The third-order valence-electron chi connectivity index (χ3n) is 3.91. The molecule has 0 aliphatic carbocycles. The van der Waals surface area contributed by atoms with Gasteiger partial charge in [-0.2, -0.15) is 0 Å².